The van der Waals surface area contributed by atoms with Crippen LogP contribution in [0.5, 0.6) is 0 Å². The van der Waals surface area contributed by atoms with Gasteiger partial charge in [0.25, 0.3) is 0 Å². The molecule has 4 rings (SSSR count). The SMILES string of the molecule is Cc1csc(-c2nc(CN)n(C)c2-c2ccc3ncsc3c2)n1. The minimum Gasteiger partial charge on any atom is -0.329 e. The highest BCUT2D eigenvalue weighted by Crippen LogP contribution is 2.35. The molecule has 0 aliphatic carbocycles. The lowest BCUT2D eigenvalue weighted by Crippen LogP contribution is -2.05. The zero-order valence-corrected chi connectivity index (χ0v) is 14.4. The molecule has 0 spiro atoms. The van der Waals surface area contributed by atoms with Gasteiger partial charge in [-0.15, -0.1) is 22.7 Å². The summed E-state index contributed by atoms with van der Waals surface area (Å²) in [6, 6.07) is 6.30. The van der Waals surface area contributed by atoms with Gasteiger partial charge in [0.2, 0.25) is 0 Å². The van der Waals surface area contributed by atoms with Gasteiger partial charge < -0.3 is 10.3 Å². The molecule has 5 nitrogen and oxygen atoms in total. The van der Waals surface area contributed by atoms with E-state index in [4.69, 9.17) is 10.7 Å². The Bertz CT molecular complexity index is 995. The van der Waals surface area contributed by atoms with Crippen molar-refractivity contribution in [3.63, 3.8) is 0 Å². The Balaban J connectivity index is 1.97. The fourth-order valence-electron chi connectivity index (χ4n) is 2.67. The highest BCUT2D eigenvalue weighted by Gasteiger charge is 2.19. The predicted molar refractivity (Wildman–Crippen MR) is 95.6 cm³/mol. The Kier molecular flexibility index (Phi) is 3.48. The molecule has 0 aliphatic heterocycles. The fourth-order valence-corrected chi connectivity index (χ4v) is 4.17. The van der Waals surface area contributed by atoms with Crippen LogP contribution in [0.2, 0.25) is 0 Å². The molecule has 3 aromatic heterocycles. The lowest BCUT2D eigenvalue weighted by atomic mass is 10.1. The molecular weight excluding hydrogens is 326 g/mol. The molecule has 0 aliphatic rings. The van der Waals surface area contributed by atoms with Gasteiger partial charge >= 0.3 is 0 Å². The molecule has 2 N–H and O–H groups in total. The fraction of sp³-hybridized carbons (Fsp3) is 0.188. The third-order valence-corrected chi connectivity index (χ3v) is 5.56. The molecular formula is C16H15N5S2. The average Bonchev–Trinajstić information content (AvgIpc) is 3.24. The number of nitrogens with two attached hydrogens (primary N) is 1. The van der Waals surface area contributed by atoms with Crippen LogP contribution in [-0.4, -0.2) is 19.5 Å². The molecule has 4 aromatic rings. The second-order valence-electron chi connectivity index (χ2n) is 5.32. The predicted octanol–water partition coefficient (Wildman–Crippen LogP) is 3.59. The summed E-state index contributed by atoms with van der Waals surface area (Å²) in [5.41, 5.74) is 12.8. The highest BCUT2D eigenvalue weighted by molar-refractivity contribution is 7.16. The summed E-state index contributed by atoms with van der Waals surface area (Å²) in [6.45, 7) is 2.40. The normalized spacial score (nSPS) is 11.4. The number of hydrogen-bond acceptors (Lipinski definition) is 6. The van der Waals surface area contributed by atoms with Crippen LogP contribution in [0.25, 0.3) is 32.2 Å². The molecule has 1 aromatic carbocycles. The van der Waals surface area contributed by atoms with Gasteiger partial charge in [-0.25, -0.2) is 15.0 Å². The van der Waals surface area contributed by atoms with Gasteiger partial charge in [0.15, 0.2) is 0 Å². The molecule has 0 amide bonds. The van der Waals surface area contributed by atoms with Gasteiger partial charge in [-0.3, -0.25) is 0 Å². The number of aryl methyl sites for hydroxylation is 1. The Hall–Kier alpha value is -2.09. The highest BCUT2D eigenvalue weighted by atomic mass is 32.1. The van der Waals surface area contributed by atoms with Crippen LogP contribution in [0.15, 0.2) is 29.1 Å². The van der Waals surface area contributed by atoms with Crippen molar-refractivity contribution in [1.82, 2.24) is 19.5 Å². The molecule has 0 radical (unpaired) electrons. The Morgan fingerprint density at radius 1 is 1.22 bits per heavy atom. The maximum Gasteiger partial charge on any atom is 0.144 e. The zero-order valence-electron chi connectivity index (χ0n) is 12.8. The lowest BCUT2D eigenvalue weighted by molar-refractivity contribution is 0.799. The number of aromatic nitrogens is 4. The summed E-state index contributed by atoms with van der Waals surface area (Å²) < 4.78 is 3.23. The van der Waals surface area contributed by atoms with E-state index in [1.54, 1.807) is 22.7 Å². The van der Waals surface area contributed by atoms with E-state index in [2.05, 4.69) is 26.7 Å². The molecule has 0 atom stereocenters. The van der Waals surface area contributed by atoms with E-state index in [1.165, 1.54) is 4.70 Å². The molecule has 3 heterocycles. The minimum atomic E-state index is 0.399. The number of benzene rings is 1. The first-order valence-electron chi connectivity index (χ1n) is 7.19. The summed E-state index contributed by atoms with van der Waals surface area (Å²) >= 11 is 3.25. The molecule has 0 fully saturated rings. The van der Waals surface area contributed by atoms with Crippen molar-refractivity contribution in [2.45, 2.75) is 13.5 Å². The second kappa shape index (κ2) is 5.52. The average molecular weight is 341 g/mol. The topological polar surface area (TPSA) is 69.6 Å². The smallest absolute Gasteiger partial charge is 0.144 e. The number of hydrogen-bond donors (Lipinski definition) is 1. The van der Waals surface area contributed by atoms with Gasteiger partial charge in [-0.05, 0) is 19.1 Å². The van der Waals surface area contributed by atoms with Crippen molar-refractivity contribution in [2.75, 3.05) is 0 Å². The Labute approximate surface area is 141 Å². The van der Waals surface area contributed by atoms with Crippen LogP contribution in [-0.2, 0) is 13.6 Å². The monoisotopic (exact) mass is 341 g/mol. The summed E-state index contributed by atoms with van der Waals surface area (Å²) in [5, 5.41) is 2.97. The molecule has 0 saturated carbocycles. The van der Waals surface area contributed by atoms with Crippen LogP contribution in [0.1, 0.15) is 11.5 Å². The van der Waals surface area contributed by atoms with Crippen LogP contribution < -0.4 is 5.73 Å². The number of imidazole rings is 1. The van der Waals surface area contributed by atoms with Crippen molar-refractivity contribution >= 4 is 32.9 Å². The number of nitrogens with zero attached hydrogens (tertiary/aromatic N) is 4. The number of rotatable bonds is 3. The maximum absolute atomic E-state index is 5.86. The van der Waals surface area contributed by atoms with Gasteiger partial charge in [0, 0.05) is 23.7 Å². The van der Waals surface area contributed by atoms with Gasteiger partial charge in [0.1, 0.15) is 16.5 Å². The Morgan fingerprint density at radius 2 is 2.09 bits per heavy atom. The van der Waals surface area contributed by atoms with Crippen molar-refractivity contribution in [3.05, 3.63) is 40.6 Å². The van der Waals surface area contributed by atoms with Crippen molar-refractivity contribution in [2.24, 2.45) is 12.8 Å². The van der Waals surface area contributed by atoms with E-state index in [-0.39, 0.29) is 0 Å². The largest absolute Gasteiger partial charge is 0.329 e. The number of thiazole rings is 2. The summed E-state index contributed by atoms with van der Waals surface area (Å²) in [7, 11) is 2.01. The zero-order chi connectivity index (χ0) is 16.0. The summed E-state index contributed by atoms with van der Waals surface area (Å²) in [5.74, 6) is 0.854. The molecule has 0 bridgehead atoms. The quantitative estimate of drug-likeness (QED) is 0.618. The van der Waals surface area contributed by atoms with E-state index in [1.807, 2.05) is 30.9 Å². The van der Waals surface area contributed by atoms with E-state index >= 15 is 0 Å². The van der Waals surface area contributed by atoms with E-state index in [9.17, 15) is 0 Å². The molecule has 0 saturated heterocycles. The Morgan fingerprint density at radius 3 is 2.83 bits per heavy atom. The van der Waals surface area contributed by atoms with Crippen LogP contribution in [0.3, 0.4) is 0 Å². The minimum absolute atomic E-state index is 0.399. The van der Waals surface area contributed by atoms with Crippen molar-refractivity contribution in [3.8, 4) is 22.0 Å². The second-order valence-corrected chi connectivity index (χ2v) is 7.06. The van der Waals surface area contributed by atoms with Gasteiger partial charge in [-0.2, -0.15) is 0 Å². The molecule has 0 unspecified atom stereocenters. The molecule has 23 heavy (non-hydrogen) atoms. The molecule has 116 valence electrons. The first-order chi connectivity index (χ1) is 11.2. The maximum atomic E-state index is 5.86. The third kappa shape index (κ3) is 2.37. The van der Waals surface area contributed by atoms with Gasteiger partial charge in [0.05, 0.1) is 28.0 Å². The lowest BCUT2D eigenvalue weighted by Gasteiger charge is -2.06. The summed E-state index contributed by atoms with van der Waals surface area (Å²) in [6.07, 6.45) is 0. The van der Waals surface area contributed by atoms with Crippen molar-refractivity contribution < 1.29 is 0 Å². The van der Waals surface area contributed by atoms with Gasteiger partial charge in [-0.1, -0.05) is 6.07 Å². The third-order valence-electron chi connectivity index (χ3n) is 3.80. The first kappa shape index (κ1) is 14.5. The van der Waals surface area contributed by atoms with Crippen LogP contribution >= 0.6 is 22.7 Å². The van der Waals surface area contributed by atoms with Crippen LogP contribution in [0.4, 0.5) is 0 Å². The van der Waals surface area contributed by atoms with Crippen molar-refractivity contribution in [1.29, 1.82) is 0 Å². The van der Waals surface area contributed by atoms with E-state index in [0.29, 0.717) is 6.54 Å². The first-order valence-corrected chi connectivity index (χ1v) is 8.95. The van der Waals surface area contributed by atoms with E-state index in [0.717, 1.165) is 39.0 Å². The standard InChI is InChI=1S/C16H15N5S2/c1-9-7-22-16(19-9)14-15(21(2)13(6-17)20-14)10-3-4-11-12(5-10)23-8-18-11/h3-5,7-8H,6,17H2,1-2H3. The summed E-state index contributed by atoms with van der Waals surface area (Å²) in [4.78, 5) is 13.7. The van der Waals surface area contributed by atoms with Crippen LogP contribution in [0, 0.1) is 6.92 Å². The molecule has 7 heteroatoms. The number of fused-ring (bicyclic) bond motifs is 1. The van der Waals surface area contributed by atoms with E-state index < -0.39 is 0 Å².